The van der Waals surface area contributed by atoms with Crippen molar-refractivity contribution in [2.24, 2.45) is 0 Å². The van der Waals surface area contributed by atoms with Crippen molar-refractivity contribution in [3.05, 3.63) is 58.9 Å². The Hall–Kier alpha value is -2.07. The summed E-state index contributed by atoms with van der Waals surface area (Å²) < 4.78 is 18.8. The van der Waals surface area contributed by atoms with E-state index < -0.39 is 11.7 Å². The van der Waals surface area contributed by atoms with Gasteiger partial charge in [-0.2, -0.15) is 0 Å². The molecule has 1 amide bonds. The number of benzene rings is 2. The van der Waals surface area contributed by atoms with Crippen molar-refractivity contribution in [2.75, 3.05) is 12.4 Å². The van der Waals surface area contributed by atoms with E-state index in [9.17, 15) is 9.18 Å². The number of carbonyl (C=O) groups excluding carboxylic acids is 1. The minimum Gasteiger partial charge on any atom is -0.496 e. The van der Waals surface area contributed by atoms with Gasteiger partial charge in [-0.3, -0.25) is 4.79 Å². The maximum atomic E-state index is 13.7. The van der Waals surface area contributed by atoms with Crippen LogP contribution < -0.4 is 10.1 Å². The van der Waals surface area contributed by atoms with E-state index in [0.717, 1.165) is 0 Å². The van der Waals surface area contributed by atoms with Gasteiger partial charge in [-0.25, -0.2) is 4.39 Å². The fourth-order valence-corrected chi connectivity index (χ4v) is 1.80. The molecule has 1 N–H and O–H groups in total. The first-order valence-electron chi connectivity index (χ1n) is 5.52. The molecule has 0 saturated carbocycles. The first-order chi connectivity index (χ1) is 9.13. The highest BCUT2D eigenvalue weighted by Gasteiger charge is 2.14. The van der Waals surface area contributed by atoms with Crippen molar-refractivity contribution < 1.29 is 13.9 Å². The highest BCUT2D eigenvalue weighted by Crippen LogP contribution is 2.24. The molecule has 0 aliphatic rings. The number of ether oxygens (including phenoxy) is 1. The first kappa shape index (κ1) is 13.4. The highest BCUT2D eigenvalue weighted by atomic mass is 35.5. The zero-order valence-electron chi connectivity index (χ0n) is 10.1. The van der Waals surface area contributed by atoms with Crippen LogP contribution in [-0.4, -0.2) is 13.0 Å². The minimum atomic E-state index is -0.660. The fraction of sp³-hybridized carbons (Fsp3) is 0.0714. The number of amides is 1. The molecule has 2 aromatic rings. The van der Waals surface area contributed by atoms with E-state index >= 15 is 0 Å². The normalized spacial score (nSPS) is 10.1. The van der Waals surface area contributed by atoms with Gasteiger partial charge < -0.3 is 10.1 Å². The SMILES string of the molecule is COc1ccccc1C(=O)Nc1cccc(Cl)c1F. The van der Waals surface area contributed by atoms with Crippen LogP contribution in [0.5, 0.6) is 5.75 Å². The molecule has 0 saturated heterocycles. The van der Waals surface area contributed by atoms with Crippen molar-refractivity contribution >= 4 is 23.2 Å². The van der Waals surface area contributed by atoms with Crippen LogP contribution in [-0.2, 0) is 0 Å². The van der Waals surface area contributed by atoms with Gasteiger partial charge in [0.2, 0.25) is 0 Å². The van der Waals surface area contributed by atoms with Crippen LogP contribution in [0.15, 0.2) is 42.5 Å². The largest absolute Gasteiger partial charge is 0.496 e. The number of nitrogens with one attached hydrogen (secondary N) is 1. The average molecular weight is 280 g/mol. The second kappa shape index (κ2) is 5.71. The molecule has 0 aromatic heterocycles. The van der Waals surface area contributed by atoms with Gasteiger partial charge in [0.1, 0.15) is 5.75 Å². The Morgan fingerprint density at radius 1 is 1.21 bits per heavy atom. The highest BCUT2D eigenvalue weighted by molar-refractivity contribution is 6.31. The molecule has 2 rings (SSSR count). The summed E-state index contributed by atoms with van der Waals surface area (Å²) in [6, 6.07) is 11.1. The summed E-state index contributed by atoms with van der Waals surface area (Å²) in [5, 5.41) is 2.42. The zero-order valence-corrected chi connectivity index (χ0v) is 10.9. The number of hydrogen-bond acceptors (Lipinski definition) is 2. The summed E-state index contributed by atoms with van der Waals surface area (Å²) in [6.45, 7) is 0. The number of hydrogen-bond donors (Lipinski definition) is 1. The van der Waals surface area contributed by atoms with E-state index in [2.05, 4.69) is 5.32 Å². The van der Waals surface area contributed by atoms with Crippen LogP contribution in [0.25, 0.3) is 0 Å². The Morgan fingerprint density at radius 2 is 1.95 bits per heavy atom. The van der Waals surface area contributed by atoms with E-state index in [1.807, 2.05) is 0 Å². The Labute approximate surface area is 115 Å². The number of para-hydroxylation sites is 1. The predicted octanol–water partition coefficient (Wildman–Crippen LogP) is 3.74. The molecule has 5 heteroatoms. The molecule has 0 fully saturated rings. The second-order valence-corrected chi connectivity index (χ2v) is 4.16. The average Bonchev–Trinajstić information content (AvgIpc) is 2.43. The van der Waals surface area contributed by atoms with Crippen molar-refractivity contribution in [1.29, 1.82) is 0 Å². The number of carbonyl (C=O) groups is 1. The lowest BCUT2D eigenvalue weighted by molar-refractivity contribution is 0.102. The number of anilines is 1. The van der Waals surface area contributed by atoms with Crippen molar-refractivity contribution in [3.8, 4) is 5.75 Å². The Balaban J connectivity index is 2.28. The minimum absolute atomic E-state index is 0.0309. The van der Waals surface area contributed by atoms with E-state index in [4.69, 9.17) is 16.3 Å². The molecule has 2 aromatic carbocycles. The third-order valence-electron chi connectivity index (χ3n) is 2.55. The molecular weight excluding hydrogens is 269 g/mol. The first-order valence-corrected chi connectivity index (χ1v) is 5.89. The molecule has 0 atom stereocenters. The summed E-state index contributed by atoms with van der Waals surface area (Å²) in [5.74, 6) is -0.700. The smallest absolute Gasteiger partial charge is 0.259 e. The van der Waals surface area contributed by atoms with E-state index in [-0.39, 0.29) is 10.7 Å². The Morgan fingerprint density at radius 3 is 2.68 bits per heavy atom. The molecular formula is C14H11ClFNO2. The van der Waals surface area contributed by atoms with Crippen LogP contribution in [0, 0.1) is 5.82 Å². The maximum Gasteiger partial charge on any atom is 0.259 e. The van der Waals surface area contributed by atoms with Gasteiger partial charge in [0.15, 0.2) is 5.82 Å². The topological polar surface area (TPSA) is 38.3 Å². The lowest BCUT2D eigenvalue weighted by Gasteiger charge is -2.10. The molecule has 19 heavy (non-hydrogen) atoms. The van der Waals surface area contributed by atoms with E-state index in [0.29, 0.717) is 11.3 Å². The lowest BCUT2D eigenvalue weighted by Crippen LogP contribution is -2.14. The molecule has 0 unspecified atom stereocenters. The van der Waals surface area contributed by atoms with Crippen LogP contribution in [0.3, 0.4) is 0 Å². The predicted molar refractivity (Wildman–Crippen MR) is 72.4 cm³/mol. The Kier molecular flexibility index (Phi) is 4.02. The molecule has 98 valence electrons. The number of halogens is 2. The fourth-order valence-electron chi connectivity index (χ4n) is 1.62. The monoisotopic (exact) mass is 279 g/mol. The summed E-state index contributed by atoms with van der Waals surface area (Å²) in [7, 11) is 1.46. The molecule has 0 heterocycles. The standard InChI is InChI=1S/C14H11ClFNO2/c1-19-12-8-3-2-5-9(12)14(18)17-11-7-4-6-10(15)13(11)16/h2-8H,1H3,(H,17,18). The molecule has 0 aliphatic carbocycles. The van der Waals surface area contributed by atoms with Gasteiger partial charge in [0.25, 0.3) is 5.91 Å². The summed E-state index contributed by atoms with van der Waals surface area (Å²) in [4.78, 5) is 12.1. The van der Waals surface area contributed by atoms with Gasteiger partial charge in [0, 0.05) is 0 Å². The molecule has 0 spiro atoms. The van der Waals surface area contributed by atoms with Gasteiger partial charge in [0.05, 0.1) is 23.4 Å². The van der Waals surface area contributed by atoms with Crippen molar-refractivity contribution in [3.63, 3.8) is 0 Å². The third-order valence-corrected chi connectivity index (χ3v) is 2.84. The van der Waals surface area contributed by atoms with Gasteiger partial charge in [-0.05, 0) is 24.3 Å². The number of methoxy groups -OCH3 is 1. The van der Waals surface area contributed by atoms with E-state index in [1.165, 1.54) is 19.2 Å². The summed E-state index contributed by atoms with van der Waals surface area (Å²) in [6.07, 6.45) is 0. The number of rotatable bonds is 3. The van der Waals surface area contributed by atoms with Crippen LogP contribution in [0.1, 0.15) is 10.4 Å². The van der Waals surface area contributed by atoms with Crippen molar-refractivity contribution in [2.45, 2.75) is 0 Å². The third kappa shape index (κ3) is 2.85. The van der Waals surface area contributed by atoms with Crippen LogP contribution >= 0.6 is 11.6 Å². The molecule has 0 bridgehead atoms. The molecule has 0 radical (unpaired) electrons. The molecule has 0 aliphatic heterocycles. The lowest BCUT2D eigenvalue weighted by atomic mass is 10.2. The quantitative estimate of drug-likeness (QED) is 0.929. The zero-order chi connectivity index (χ0) is 13.8. The van der Waals surface area contributed by atoms with Gasteiger partial charge in [-0.1, -0.05) is 29.8 Å². The summed E-state index contributed by atoms with van der Waals surface area (Å²) >= 11 is 5.65. The van der Waals surface area contributed by atoms with Crippen LogP contribution in [0.4, 0.5) is 10.1 Å². The second-order valence-electron chi connectivity index (χ2n) is 3.76. The van der Waals surface area contributed by atoms with Crippen LogP contribution in [0.2, 0.25) is 5.02 Å². The maximum absolute atomic E-state index is 13.7. The van der Waals surface area contributed by atoms with Gasteiger partial charge >= 0.3 is 0 Å². The van der Waals surface area contributed by atoms with Gasteiger partial charge in [-0.15, -0.1) is 0 Å². The van der Waals surface area contributed by atoms with Crippen molar-refractivity contribution in [1.82, 2.24) is 0 Å². The molecule has 3 nitrogen and oxygen atoms in total. The Bertz CT molecular complexity index is 616. The summed E-state index contributed by atoms with van der Waals surface area (Å²) in [5.41, 5.74) is 0.354. The van der Waals surface area contributed by atoms with E-state index in [1.54, 1.807) is 30.3 Å².